The van der Waals surface area contributed by atoms with E-state index in [1.54, 1.807) is 36.3 Å². The van der Waals surface area contributed by atoms with Crippen molar-refractivity contribution in [3.05, 3.63) is 83.1 Å². The van der Waals surface area contributed by atoms with Crippen LogP contribution in [0.15, 0.2) is 48.9 Å². The van der Waals surface area contributed by atoms with Crippen LogP contribution in [0.3, 0.4) is 0 Å². The fraction of sp³-hybridized carbons (Fsp3) is 0.308. The van der Waals surface area contributed by atoms with Crippen molar-refractivity contribution in [2.75, 3.05) is 7.11 Å². The summed E-state index contributed by atoms with van der Waals surface area (Å²) in [4.78, 5) is 13.4. The van der Waals surface area contributed by atoms with Gasteiger partial charge in [-0.3, -0.25) is 0 Å². The molecule has 2 atom stereocenters. The topological polar surface area (TPSA) is 70.7 Å². The normalized spacial score (nSPS) is 17.9. The van der Waals surface area contributed by atoms with Crippen LogP contribution in [-0.2, 0) is 6.18 Å². The summed E-state index contributed by atoms with van der Waals surface area (Å²) in [5.74, 6) is 0.915. The summed E-state index contributed by atoms with van der Waals surface area (Å²) in [5.41, 5.74) is 1.87. The van der Waals surface area contributed by atoms with E-state index in [2.05, 4.69) is 20.1 Å². The zero-order valence-corrected chi connectivity index (χ0v) is 20.1. The molecule has 0 bridgehead atoms. The number of fused-ring (bicyclic) bond motifs is 1. The highest BCUT2D eigenvalue weighted by atomic mass is 19.4. The van der Waals surface area contributed by atoms with E-state index in [1.807, 2.05) is 36.7 Å². The van der Waals surface area contributed by atoms with Gasteiger partial charge in [-0.05, 0) is 62.6 Å². The maximum atomic E-state index is 13.7. The van der Waals surface area contributed by atoms with Crippen molar-refractivity contribution in [1.29, 1.82) is 0 Å². The van der Waals surface area contributed by atoms with Crippen LogP contribution in [-0.4, -0.2) is 36.4 Å². The van der Waals surface area contributed by atoms with E-state index in [0.29, 0.717) is 36.1 Å². The highest BCUT2D eigenvalue weighted by Gasteiger charge is 2.38. The first-order valence-electron chi connectivity index (χ1n) is 11.6. The zero-order chi connectivity index (χ0) is 25.4. The van der Waals surface area contributed by atoms with E-state index in [-0.39, 0.29) is 11.6 Å². The van der Waals surface area contributed by atoms with Gasteiger partial charge in [-0.15, -0.1) is 0 Å². The molecule has 0 saturated heterocycles. The number of aromatic nitrogens is 6. The molecule has 0 radical (unpaired) electrons. The van der Waals surface area contributed by atoms with Gasteiger partial charge < -0.3 is 9.30 Å². The number of benzene rings is 1. The molecule has 4 heterocycles. The van der Waals surface area contributed by atoms with E-state index in [0.717, 1.165) is 17.4 Å². The molecule has 3 aromatic heterocycles. The molecular weight excluding hydrogens is 469 g/mol. The molecule has 0 saturated carbocycles. The summed E-state index contributed by atoms with van der Waals surface area (Å²) in [6.07, 6.45) is 3.90. The van der Waals surface area contributed by atoms with Gasteiger partial charge in [-0.1, -0.05) is 18.2 Å². The number of hydrogen-bond donors (Lipinski definition) is 0. The minimum atomic E-state index is -4.43. The van der Waals surface area contributed by atoms with Crippen LogP contribution in [0.2, 0.25) is 0 Å². The van der Waals surface area contributed by atoms with Crippen molar-refractivity contribution in [2.45, 2.75) is 44.8 Å². The lowest BCUT2D eigenvalue weighted by molar-refractivity contribution is -0.138. The Morgan fingerprint density at radius 1 is 1.06 bits per heavy atom. The molecule has 0 fully saturated rings. The molecule has 0 spiro atoms. The van der Waals surface area contributed by atoms with E-state index in [9.17, 15) is 13.2 Å². The first kappa shape index (κ1) is 23.8. The molecule has 0 N–H and O–H groups in total. The predicted molar refractivity (Wildman–Crippen MR) is 129 cm³/mol. The van der Waals surface area contributed by atoms with Crippen LogP contribution in [0.4, 0.5) is 13.2 Å². The minimum Gasteiger partial charge on any atom is -0.479 e. The third kappa shape index (κ3) is 4.50. The van der Waals surface area contributed by atoms with Crippen LogP contribution in [0, 0.1) is 6.92 Å². The minimum absolute atomic E-state index is 0.0417. The van der Waals surface area contributed by atoms with E-state index >= 15 is 0 Å². The smallest absolute Gasteiger partial charge is 0.416 e. The first-order chi connectivity index (χ1) is 17.2. The number of hydrogen-bond acceptors (Lipinski definition) is 5. The average molecular weight is 495 g/mol. The molecular formula is C26H25F3N6O. The molecule has 186 valence electrons. The number of alkyl halides is 3. The Balaban J connectivity index is 1.46. The number of halogens is 3. The summed E-state index contributed by atoms with van der Waals surface area (Å²) in [5, 5.41) is 4.59. The lowest BCUT2D eigenvalue weighted by Gasteiger charge is -2.28. The number of methoxy groups -OCH3 is 1. The Bertz CT molecular complexity index is 1420. The van der Waals surface area contributed by atoms with Crippen LogP contribution in [0.5, 0.6) is 5.88 Å². The lowest BCUT2D eigenvalue weighted by Crippen LogP contribution is -2.23. The van der Waals surface area contributed by atoms with Gasteiger partial charge in [0.1, 0.15) is 11.5 Å². The molecule has 5 rings (SSSR count). The molecule has 36 heavy (non-hydrogen) atoms. The van der Waals surface area contributed by atoms with Gasteiger partial charge in [-0.2, -0.15) is 18.3 Å². The van der Waals surface area contributed by atoms with Crippen molar-refractivity contribution in [3.63, 3.8) is 0 Å². The van der Waals surface area contributed by atoms with Gasteiger partial charge in [0.05, 0.1) is 36.4 Å². The van der Waals surface area contributed by atoms with Crippen molar-refractivity contribution < 1.29 is 17.9 Å². The highest BCUT2D eigenvalue weighted by Crippen LogP contribution is 2.42. The number of rotatable bonds is 5. The summed E-state index contributed by atoms with van der Waals surface area (Å²) in [6.45, 7) is 3.90. The summed E-state index contributed by atoms with van der Waals surface area (Å²) >= 11 is 0. The van der Waals surface area contributed by atoms with E-state index < -0.39 is 17.7 Å². The average Bonchev–Trinajstić information content (AvgIpc) is 3.49. The largest absolute Gasteiger partial charge is 0.479 e. The predicted octanol–water partition coefficient (Wildman–Crippen LogP) is 5.85. The van der Waals surface area contributed by atoms with Crippen LogP contribution >= 0.6 is 0 Å². The van der Waals surface area contributed by atoms with Crippen molar-refractivity contribution in [1.82, 2.24) is 29.3 Å². The fourth-order valence-electron chi connectivity index (χ4n) is 4.60. The molecule has 1 aromatic carbocycles. The Hall–Kier alpha value is -3.95. The maximum Gasteiger partial charge on any atom is 0.416 e. The number of aryl methyl sites for hydroxylation is 1. The molecule has 1 aliphatic rings. The molecule has 0 amide bonds. The number of ether oxygens (including phenoxy) is 1. The SMILES string of the molecule is COc1nc(/C=C/c2nc3n(n2)[C@H](C)CC[C@@H]3c2ccccc2C(F)(F)F)ccc1-n1cnc(C)c1. The number of imidazole rings is 1. The maximum absolute atomic E-state index is 13.7. The Morgan fingerprint density at radius 2 is 1.86 bits per heavy atom. The van der Waals surface area contributed by atoms with Gasteiger partial charge in [0.15, 0.2) is 5.82 Å². The first-order valence-corrected chi connectivity index (χ1v) is 11.6. The fourth-order valence-corrected chi connectivity index (χ4v) is 4.60. The molecule has 4 aromatic rings. The quantitative estimate of drug-likeness (QED) is 0.348. The monoisotopic (exact) mass is 494 g/mol. The second-order valence-electron chi connectivity index (χ2n) is 8.86. The van der Waals surface area contributed by atoms with Crippen LogP contribution < -0.4 is 4.74 Å². The highest BCUT2D eigenvalue weighted by molar-refractivity contribution is 5.65. The van der Waals surface area contributed by atoms with Crippen LogP contribution in [0.25, 0.3) is 17.8 Å². The van der Waals surface area contributed by atoms with Crippen LogP contribution in [0.1, 0.15) is 65.9 Å². The van der Waals surface area contributed by atoms with Gasteiger partial charge in [0, 0.05) is 12.1 Å². The third-order valence-corrected chi connectivity index (χ3v) is 6.37. The third-order valence-electron chi connectivity index (χ3n) is 6.37. The van der Waals surface area contributed by atoms with Crippen molar-refractivity contribution in [2.24, 2.45) is 0 Å². The second kappa shape index (κ2) is 9.25. The second-order valence-corrected chi connectivity index (χ2v) is 8.86. The van der Waals surface area contributed by atoms with Gasteiger partial charge in [0.25, 0.3) is 0 Å². The Morgan fingerprint density at radius 3 is 2.58 bits per heavy atom. The Labute approximate surface area is 206 Å². The molecule has 10 heteroatoms. The number of pyridine rings is 1. The van der Waals surface area contributed by atoms with Gasteiger partial charge in [0.2, 0.25) is 5.88 Å². The lowest BCUT2D eigenvalue weighted by atomic mass is 9.86. The van der Waals surface area contributed by atoms with Gasteiger partial charge in [-0.25, -0.2) is 19.6 Å². The molecule has 0 aliphatic carbocycles. The summed E-state index contributed by atoms with van der Waals surface area (Å²) in [6, 6.07) is 9.48. The molecule has 1 aliphatic heterocycles. The number of nitrogens with zero attached hydrogens (tertiary/aromatic N) is 6. The van der Waals surface area contributed by atoms with E-state index in [1.165, 1.54) is 12.1 Å². The zero-order valence-electron chi connectivity index (χ0n) is 20.1. The van der Waals surface area contributed by atoms with Crippen molar-refractivity contribution in [3.8, 4) is 11.6 Å². The Kier molecular flexibility index (Phi) is 6.11. The summed E-state index contributed by atoms with van der Waals surface area (Å²) in [7, 11) is 1.55. The van der Waals surface area contributed by atoms with E-state index in [4.69, 9.17) is 4.74 Å². The van der Waals surface area contributed by atoms with Gasteiger partial charge >= 0.3 is 6.18 Å². The molecule has 7 nitrogen and oxygen atoms in total. The van der Waals surface area contributed by atoms with Crippen molar-refractivity contribution >= 4 is 12.2 Å². The standard InChI is InChI=1S/C26H25F3N6O/c1-16-14-34(15-30-16)22-12-9-18(31-25(22)36-3)10-13-23-32-24-20(11-8-17(2)35(24)33-23)19-6-4-5-7-21(19)26(27,28)29/h4-7,9-10,12-15,17,20H,8,11H2,1-3H3/b13-10+/t17-,20-/m1/s1. The summed E-state index contributed by atoms with van der Waals surface area (Å²) < 4.78 is 50.1. The molecule has 0 unspecified atom stereocenters.